The predicted octanol–water partition coefficient (Wildman–Crippen LogP) is 2.87. The SMILES string of the molecule is O=C(O)CC1(NC(=O)C=Cc2ccc(Cl)cc2)CCC1. The molecule has 1 fully saturated rings. The molecule has 1 aromatic rings. The van der Waals surface area contributed by atoms with Crippen molar-refractivity contribution in [3.05, 3.63) is 40.9 Å². The molecule has 0 aliphatic heterocycles. The van der Waals surface area contributed by atoms with Gasteiger partial charge in [-0.25, -0.2) is 0 Å². The number of amides is 1. The van der Waals surface area contributed by atoms with Crippen molar-refractivity contribution in [1.29, 1.82) is 0 Å². The maximum atomic E-state index is 11.9. The van der Waals surface area contributed by atoms with E-state index in [0.29, 0.717) is 5.02 Å². The molecule has 1 aliphatic carbocycles. The zero-order chi connectivity index (χ0) is 14.6. The van der Waals surface area contributed by atoms with E-state index in [1.54, 1.807) is 18.2 Å². The summed E-state index contributed by atoms with van der Waals surface area (Å²) in [5.74, 6) is -1.15. The Morgan fingerprint density at radius 2 is 1.95 bits per heavy atom. The van der Waals surface area contributed by atoms with Crippen LogP contribution in [0.4, 0.5) is 0 Å². The van der Waals surface area contributed by atoms with Crippen molar-refractivity contribution in [1.82, 2.24) is 5.32 Å². The smallest absolute Gasteiger partial charge is 0.305 e. The van der Waals surface area contributed by atoms with Crippen LogP contribution in [-0.2, 0) is 9.59 Å². The molecule has 1 aromatic carbocycles. The van der Waals surface area contributed by atoms with Gasteiger partial charge in [-0.15, -0.1) is 0 Å². The highest BCUT2D eigenvalue weighted by molar-refractivity contribution is 6.30. The van der Waals surface area contributed by atoms with Gasteiger partial charge >= 0.3 is 5.97 Å². The van der Waals surface area contributed by atoms with E-state index in [1.807, 2.05) is 12.1 Å². The van der Waals surface area contributed by atoms with Crippen LogP contribution in [0.5, 0.6) is 0 Å². The normalized spacial score (nSPS) is 16.6. The Kier molecular flexibility index (Phi) is 4.45. The Hall–Kier alpha value is -1.81. The minimum Gasteiger partial charge on any atom is -0.481 e. The largest absolute Gasteiger partial charge is 0.481 e. The Labute approximate surface area is 122 Å². The second-order valence-electron chi connectivity index (χ2n) is 5.08. The van der Waals surface area contributed by atoms with Crippen LogP contribution in [0.25, 0.3) is 6.08 Å². The van der Waals surface area contributed by atoms with Gasteiger partial charge in [-0.3, -0.25) is 9.59 Å². The number of nitrogens with one attached hydrogen (secondary N) is 1. The van der Waals surface area contributed by atoms with Crippen molar-refractivity contribution >= 4 is 29.6 Å². The monoisotopic (exact) mass is 293 g/mol. The minimum absolute atomic E-state index is 0.0203. The van der Waals surface area contributed by atoms with E-state index < -0.39 is 11.5 Å². The molecule has 2 rings (SSSR count). The highest BCUT2D eigenvalue weighted by Gasteiger charge is 2.39. The minimum atomic E-state index is -0.883. The third-order valence-corrected chi connectivity index (χ3v) is 3.74. The molecule has 0 saturated heterocycles. The van der Waals surface area contributed by atoms with Gasteiger partial charge in [0.25, 0.3) is 0 Å². The van der Waals surface area contributed by atoms with Crippen LogP contribution in [0.3, 0.4) is 0 Å². The van der Waals surface area contributed by atoms with Crippen molar-refractivity contribution < 1.29 is 14.7 Å². The van der Waals surface area contributed by atoms with E-state index in [9.17, 15) is 9.59 Å². The molecule has 20 heavy (non-hydrogen) atoms. The zero-order valence-corrected chi connectivity index (χ0v) is 11.7. The fourth-order valence-corrected chi connectivity index (χ4v) is 2.41. The lowest BCUT2D eigenvalue weighted by atomic mass is 9.74. The molecule has 0 radical (unpaired) electrons. The van der Waals surface area contributed by atoms with Crippen molar-refractivity contribution in [3.8, 4) is 0 Å². The van der Waals surface area contributed by atoms with Gasteiger partial charge < -0.3 is 10.4 Å². The first kappa shape index (κ1) is 14.6. The van der Waals surface area contributed by atoms with Gasteiger partial charge in [-0.1, -0.05) is 23.7 Å². The van der Waals surface area contributed by atoms with Gasteiger partial charge in [-0.2, -0.15) is 0 Å². The van der Waals surface area contributed by atoms with E-state index in [4.69, 9.17) is 16.7 Å². The molecule has 1 aliphatic rings. The molecule has 0 atom stereocenters. The number of carboxylic acids is 1. The first-order valence-electron chi connectivity index (χ1n) is 6.47. The van der Waals surface area contributed by atoms with Crippen LogP contribution in [-0.4, -0.2) is 22.5 Å². The maximum absolute atomic E-state index is 11.9. The summed E-state index contributed by atoms with van der Waals surface area (Å²) < 4.78 is 0. The number of carbonyl (C=O) groups excluding carboxylic acids is 1. The molecule has 1 amide bonds. The third-order valence-electron chi connectivity index (χ3n) is 3.49. The lowest BCUT2D eigenvalue weighted by Crippen LogP contribution is -2.54. The molecule has 2 N–H and O–H groups in total. The predicted molar refractivity (Wildman–Crippen MR) is 77.5 cm³/mol. The number of aliphatic carboxylic acids is 1. The second kappa shape index (κ2) is 6.09. The molecule has 106 valence electrons. The number of benzene rings is 1. The van der Waals surface area contributed by atoms with Crippen molar-refractivity contribution in [3.63, 3.8) is 0 Å². The average Bonchev–Trinajstić information content (AvgIpc) is 2.35. The van der Waals surface area contributed by atoms with E-state index in [0.717, 1.165) is 24.8 Å². The van der Waals surface area contributed by atoms with Gasteiger partial charge in [0.05, 0.1) is 12.0 Å². The van der Waals surface area contributed by atoms with Gasteiger partial charge in [0, 0.05) is 11.1 Å². The van der Waals surface area contributed by atoms with Crippen LogP contribution in [0, 0.1) is 0 Å². The lowest BCUT2D eigenvalue weighted by Gasteiger charge is -2.41. The summed E-state index contributed by atoms with van der Waals surface area (Å²) in [6.07, 6.45) is 5.48. The van der Waals surface area contributed by atoms with Crippen molar-refractivity contribution in [2.24, 2.45) is 0 Å². The summed E-state index contributed by atoms with van der Waals surface area (Å²) in [6.45, 7) is 0. The van der Waals surface area contributed by atoms with Gasteiger partial charge in [-0.05, 0) is 43.0 Å². The van der Waals surface area contributed by atoms with Crippen LogP contribution < -0.4 is 5.32 Å². The Morgan fingerprint density at radius 3 is 2.45 bits per heavy atom. The summed E-state index contributed by atoms with van der Waals surface area (Å²) in [7, 11) is 0. The van der Waals surface area contributed by atoms with E-state index in [1.165, 1.54) is 6.08 Å². The maximum Gasteiger partial charge on any atom is 0.305 e. The number of carboxylic acid groups (broad SMARTS) is 1. The fourth-order valence-electron chi connectivity index (χ4n) is 2.29. The van der Waals surface area contributed by atoms with Crippen LogP contribution >= 0.6 is 11.6 Å². The molecule has 0 heterocycles. The molecule has 5 heteroatoms. The molecule has 1 saturated carbocycles. The van der Waals surface area contributed by atoms with Gasteiger partial charge in [0.2, 0.25) is 5.91 Å². The molecule has 0 spiro atoms. The molecular weight excluding hydrogens is 278 g/mol. The summed E-state index contributed by atoms with van der Waals surface area (Å²) in [6, 6.07) is 7.11. The van der Waals surface area contributed by atoms with Crippen LogP contribution in [0.2, 0.25) is 5.02 Å². The Balaban J connectivity index is 1.94. The van der Waals surface area contributed by atoms with Crippen LogP contribution in [0.1, 0.15) is 31.2 Å². The Bertz CT molecular complexity index is 533. The number of hydrogen-bond donors (Lipinski definition) is 2. The summed E-state index contributed by atoms with van der Waals surface area (Å²) in [5.41, 5.74) is 0.304. The number of carbonyl (C=O) groups is 2. The lowest BCUT2D eigenvalue weighted by molar-refractivity contribution is -0.140. The van der Waals surface area contributed by atoms with Crippen molar-refractivity contribution in [2.45, 2.75) is 31.2 Å². The van der Waals surface area contributed by atoms with Gasteiger partial charge in [0.15, 0.2) is 0 Å². The summed E-state index contributed by atoms with van der Waals surface area (Å²) >= 11 is 5.78. The highest BCUT2D eigenvalue weighted by Crippen LogP contribution is 2.34. The number of hydrogen-bond acceptors (Lipinski definition) is 2. The molecule has 4 nitrogen and oxygen atoms in total. The van der Waals surface area contributed by atoms with E-state index >= 15 is 0 Å². The summed E-state index contributed by atoms with van der Waals surface area (Å²) in [5, 5.41) is 12.3. The zero-order valence-electron chi connectivity index (χ0n) is 10.9. The first-order chi connectivity index (χ1) is 9.49. The van der Waals surface area contributed by atoms with E-state index in [-0.39, 0.29) is 12.3 Å². The standard InChI is InChI=1S/C15H16ClNO3/c16-12-5-2-11(3-6-12)4-7-13(18)17-15(8-1-9-15)10-14(19)20/h2-7H,1,8-10H2,(H,17,18)(H,19,20). The number of rotatable bonds is 5. The highest BCUT2D eigenvalue weighted by atomic mass is 35.5. The number of halogens is 1. The topological polar surface area (TPSA) is 66.4 Å². The molecule has 0 bridgehead atoms. The second-order valence-corrected chi connectivity index (χ2v) is 5.51. The molecule has 0 aromatic heterocycles. The van der Waals surface area contributed by atoms with Crippen LogP contribution in [0.15, 0.2) is 30.3 Å². The Morgan fingerprint density at radius 1 is 1.30 bits per heavy atom. The van der Waals surface area contributed by atoms with E-state index in [2.05, 4.69) is 5.32 Å². The molecular formula is C15H16ClNO3. The van der Waals surface area contributed by atoms with Gasteiger partial charge in [0.1, 0.15) is 0 Å². The average molecular weight is 294 g/mol. The summed E-state index contributed by atoms with van der Waals surface area (Å²) in [4.78, 5) is 22.7. The quantitative estimate of drug-likeness (QED) is 0.820. The third kappa shape index (κ3) is 3.84. The fraction of sp³-hybridized carbons (Fsp3) is 0.333. The molecule has 0 unspecified atom stereocenters. The van der Waals surface area contributed by atoms with Crippen molar-refractivity contribution in [2.75, 3.05) is 0 Å². The first-order valence-corrected chi connectivity index (χ1v) is 6.85.